The number of rotatable bonds is 2. The van der Waals surface area contributed by atoms with Gasteiger partial charge in [-0.25, -0.2) is 4.39 Å². The standard InChI is InChI=1S/C15H18FN3O/c16-14-9-12(2-1-4-17)8-13(10-14)11-19-6-3-15(20)18-5-7-19/h8-10H,3-7,11,17H2,(H,18,20). The lowest BCUT2D eigenvalue weighted by atomic mass is 10.1. The van der Waals surface area contributed by atoms with Crippen molar-refractivity contribution in [1.82, 2.24) is 10.2 Å². The summed E-state index contributed by atoms with van der Waals surface area (Å²) in [5.74, 6) is 5.34. The molecule has 106 valence electrons. The summed E-state index contributed by atoms with van der Waals surface area (Å²) >= 11 is 0. The second kappa shape index (κ2) is 7.04. The highest BCUT2D eigenvalue weighted by Gasteiger charge is 2.13. The van der Waals surface area contributed by atoms with Crippen LogP contribution in [0, 0.1) is 17.7 Å². The minimum absolute atomic E-state index is 0.0706. The lowest BCUT2D eigenvalue weighted by Gasteiger charge is -2.19. The van der Waals surface area contributed by atoms with Crippen LogP contribution in [0.4, 0.5) is 4.39 Å². The molecule has 4 nitrogen and oxygen atoms in total. The summed E-state index contributed by atoms with van der Waals surface area (Å²) in [5.41, 5.74) is 6.81. The third-order valence-corrected chi connectivity index (χ3v) is 3.10. The predicted molar refractivity (Wildman–Crippen MR) is 75.2 cm³/mol. The van der Waals surface area contributed by atoms with Crippen LogP contribution in [0.3, 0.4) is 0 Å². The van der Waals surface area contributed by atoms with Crippen LogP contribution >= 0.6 is 0 Å². The Morgan fingerprint density at radius 1 is 1.35 bits per heavy atom. The minimum Gasteiger partial charge on any atom is -0.355 e. The van der Waals surface area contributed by atoms with Crippen LogP contribution in [0.1, 0.15) is 17.5 Å². The Labute approximate surface area is 118 Å². The molecule has 0 aromatic heterocycles. The van der Waals surface area contributed by atoms with E-state index in [1.54, 1.807) is 0 Å². The Morgan fingerprint density at radius 2 is 2.20 bits per heavy atom. The highest BCUT2D eigenvalue weighted by Crippen LogP contribution is 2.12. The van der Waals surface area contributed by atoms with Crippen molar-refractivity contribution < 1.29 is 9.18 Å². The monoisotopic (exact) mass is 275 g/mol. The fourth-order valence-corrected chi connectivity index (χ4v) is 2.20. The highest BCUT2D eigenvalue weighted by molar-refractivity contribution is 5.76. The molecule has 0 aliphatic carbocycles. The van der Waals surface area contributed by atoms with Gasteiger partial charge < -0.3 is 11.1 Å². The second-order valence-electron chi connectivity index (χ2n) is 4.73. The summed E-state index contributed by atoms with van der Waals surface area (Å²) in [6.45, 7) is 2.96. The lowest BCUT2D eigenvalue weighted by molar-refractivity contribution is -0.120. The van der Waals surface area contributed by atoms with Crippen molar-refractivity contribution in [3.63, 3.8) is 0 Å². The fraction of sp³-hybridized carbons (Fsp3) is 0.400. The molecule has 0 atom stereocenters. The van der Waals surface area contributed by atoms with E-state index in [-0.39, 0.29) is 18.3 Å². The molecule has 1 amide bonds. The van der Waals surface area contributed by atoms with Crippen LogP contribution in [0.2, 0.25) is 0 Å². The van der Waals surface area contributed by atoms with Gasteiger partial charge in [-0.2, -0.15) is 0 Å². The molecule has 1 aliphatic heterocycles. The molecule has 1 aromatic carbocycles. The van der Waals surface area contributed by atoms with Crippen molar-refractivity contribution in [3.8, 4) is 11.8 Å². The van der Waals surface area contributed by atoms with E-state index in [4.69, 9.17) is 5.73 Å². The van der Waals surface area contributed by atoms with Crippen LogP contribution in [0.5, 0.6) is 0 Å². The zero-order valence-electron chi connectivity index (χ0n) is 11.3. The topological polar surface area (TPSA) is 58.4 Å². The quantitative estimate of drug-likeness (QED) is 0.771. The second-order valence-corrected chi connectivity index (χ2v) is 4.73. The number of nitrogens with two attached hydrogens (primary N) is 1. The van der Waals surface area contributed by atoms with Crippen molar-refractivity contribution in [1.29, 1.82) is 0 Å². The number of carbonyl (C=O) groups is 1. The van der Waals surface area contributed by atoms with E-state index in [1.807, 2.05) is 6.07 Å². The molecule has 0 unspecified atom stereocenters. The van der Waals surface area contributed by atoms with E-state index in [2.05, 4.69) is 22.1 Å². The van der Waals surface area contributed by atoms with Crippen molar-refractivity contribution >= 4 is 5.91 Å². The minimum atomic E-state index is -0.298. The first kappa shape index (κ1) is 14.5. The summed E-state index contributed by atoms with van der Waals surface area (Å²) in [6, 6.07) is 4.78. The average Bonchev–Trinajstić information content (AvgIpc) is 2.61. The smallest absolute Gasteiger partial charge is 0.221 e. The normalized spacial score (nSPS) is 16.0. The van der Waals surface area contributed by atoms with Crippen LogP contribution in [-0.2, 0) is 11.3 Å². The molecule has 0 radical (unpaired) electrons. The largest absolute Gasteiger partial charge is 0.355 e. The Morgan fingerprint density at radius 3 is 3.00 bits per heavy atom. The third-order valence-electron chi connectivity index (χ3n) is 3.10. The van der Waals surface area contributed by atoms with Gasteiger partial charge in [0.1, 0.15) is 5.82 Å². The predicted octanol–water partition coefficient (Wildman–Crippen LogP) is 0.458. The van der Waals surface area contributed by atoms with E-state index < -0.39 is 0 Å². The van der Waals surface area contributed by atoms with Crippen molar-refractivity contribution in [2.45, 2.75) is 13.0 Å². The van der Waals surface area contributed by atoms with Gasteiger partial charge in [-0.1, -0.05) is 11.8 Å². The number of hydrogen-bond acceptors (Lipinski definition) is 3. The van der Waals surface area contributed by atoms with Gasteiger partial charge in [-0.05, 0) is 23.8 Å². The molecular formula is C15H18FN3O. The number of carbonyl (C=O) groups excluding carboxylic acids is 1. The van der Waals surface area contributed by atoms with Gasteiger partial charge in [0.05, 0.1) is 6.54 Å². The van der Waals surface area contributed by atoms with E-state index in [0.29, 0.717) is 31.6 Å². The summed E-state index contributed by atoms with van der Waals surface area (Å²) < 4.78 is 13.6. The summed E-state index contributed by atoms with van der Waals surface area (Å²) in [4.78, 5) is 13.4. The van der Waals surface area contributed by atoms with Gasteiger partial charge >= 0.3 is 0 Å². The molecule has 1 saturated heterocycles. The maximum absolute atomic E-state index is 13.6. The van der Waals surface area contributed by atoms with Crippen molar-refractivity contribution in [2.75, 3.05) is 26.2 Å². The van der Waals surface area contributed by atoms with E-state index in [1.165, 1.54) is 12.1 Å². The van der Waals surface area contributed by atoms with Crippen molar-refractivity contribution in [3.05, 3.63) is 35.1 Å². The molecule has 1 aromatic rings. The number of hydrogen-bond donors (Lipinski definition) is 2. The van der Waals surface area contributed by atoms with E-state index in [9.17, 15) is 9.18 Å². The first-order valence-corrected chi connectivity index (χ1v) is 6.65. The summed E-state index contributed by atoms with van der Waals surface area (Å²) in [7, 11) is 0. The van der Waals surface area contributed by atoms with Gasteiger partial charge in [0, 0.05) is 38.2 Å². The molecule has 2 rings (SSSR count). The lowest BCUT2D eigenvalue weighted by Crippen LogP contribution is -2.28. The Balaban J connectivity index is 2.08. The van der Waals surface area contributed by atoms with Gasteiger partial charge in [0.15, 0.2) is 0 Å². The molecule has 3 N–H and O–H groups in total. The van der Waals surface area contributed by atoms with Crippen LogP contribution < -0.4 is 11.1 Å². The SMILES string of the molecule is NCC#Cc1cc(F)cc(CN2CCNC(=O)CC2)c1. The van der Waals surface area contributed by atoms with E-state index >= 15 is 0 Å². The van der Waals surface area contributed by atoms with E-state index in [0.717, 1.165) is 12.1 Å². The average molecular weight is 275 g/mol. The summed E-state index contributed by atoms with van der Waals surface area (Å²) in [6.07, 6.45) is 0.481. The number of nitrogens with one attached hydrogen (secondary N) is 1. The molecule has 20 heavy (non-hydrogen) atoms. The molecule has 5 heteroatoms. The van der Waals surface area contributed by atoms with Gasteiger partial charge in [-0.15, -0.1) is 0 Å². The zero-order chi connectivity index (χ0) is 14.4. The Hall–Kier alpha value is -1.90. The zero-order valence-corrected chi connectivity index (χ0v) is 11.3. The molecular weight excluding hydrogens is 257 g/mol. The summed E-state index contributed by atoms with van der Waals surface area (Å²) in [5, 5.41) is 2.82. The molecule has 1 fully saturated rings. The highest BCUT2D eigenvalue weighted by atomic mass is 19.1. The van der Waals surface area contributed by atoms with Gasteiger partial charge in [0.2, 0.25) is 5.91 Å². The molecule has 0 spiro atoms. The maximum atomic E-state index is 13.6. The fourth-order valence-electron chi connectivity index (χ4n) is 2.20. The maximum Gasteiger partial charge on any atom is 0.221 e. The molecule has 1 aliphatic rings. The van der Waals surface area contributed by atoms with Crippen molar-refractivity contribution in [2.24, 2.45) is 5.73 Å². The van der Waals surface area contributed by atoms with Crippen LogP contribution in [-0.4, -0.2) is 37.0 Å². The molecule has 1 heterocycles. The van der Waals surface area contributed by atoms with Gasteiger partial charge in [0.25, 0.3) is 0 Å². The Kier molecular flexibility index (Phi) is 5.10. The van der Waals surface area contributed by atoms with Crippen LogP contribution in [0.25, 0.3) is 0 Å². The third kappa shape index (κ3) is 4.34. The number of halogens is 1. The number of nitrogens with zero attached hydrogens (tertiary/aromatic N) is 1. The Bertz CT molecular complexity index is 548. The number of amides is 1. The number of benzene rings is 1. The van der Waals surface area contributed by atoms with Gasteiger partial charge in [-0.3, -0.25) is 9.69 Å². The first-order valence-electron chi connectivity index (χ1n) is 6.65. The molecule has 0 bridgehead atoms. The first-order chi connectivity index (χ1) is 9.67. The molecule has 0 saturated carbocycles. The van der Waals surface area contributed by atoms with Crippen LogP contribution in [0.15, 0.2) is 18.2 Å².